The molecule has 0 aliphatic carbocycles. The average Bonchev–Trinajstić information content (AvgIpc) is 3.31. The first kappa shape index (κ1) is 34.2. The Morgan fingerprint density at radius 1 is 1.23 bits per heavy atom. The number of rotatable bonds is 11. The number of ketones is 1. The summed E-state index contributed by atoms with van der Waals surface area (Å²) in [6.45, 7) is 16.9. The number of aryl methyl sites for hydroxylation is 2. The first-order chi connectivity index (χ1) is 18.4. The van der Waals surface area contributed by atoms with Gasteiger partial charge in [0.15, 0.2) is 5.78 Å². The summed E-state index contributed by atoms with van der Waals surface area (Å²) in [6, 6.07) is 5.54. The Kier molecular flexibility index (Phi) is 14.3. The molecule has 1 fully saturated rings. The maximum atomic E-state index is 12.9. The second kappa shape index (κ2) is 16.3. The molecule has 10 heteroatoms. The zero-order chi connectivity index (χ0) is 29.6. The van der Waals surface area contributed by atoms with E-state index in [9.17, 15) is 23.5 Å². The molecule has 0 unspecified atom stereocenters. The van der Waals surface area contributed by atoms with Crippen LogP contribution in [0.5, 0.6) is 5.75 Å². The molecule has 2 aromatic rings. The van der Waals surface area contributed by atoms with Crippen LogP contribution in [0, 0.1) is 0 Å². The number of halogens is 2. The molecule has 0 saturated carbocycles. The van der Waals surface area contributed by atoms with Crippen molar-refractivity contribution in [3.05, 3.63) is 46.8 Å². The number of amides is 1. The second-order valence-electron chi connectivity index (χ2n) is 9.94. The molecule has 1 aliphatic heterocycles. The number of benzene rings is 1. The number of hydrogen-bond donors (Lipinski definition) is 2. The normalized spacial score (nSPS) is 14.9. The standard InChI is InChI=1S/C17H29N3O2.C10H11F2NO2.C2H6/c1-5-7-8-20-14(6-2)11-15(18-20)16(21)12-19-9-10-22-13-17(19,3)4;1-10(11,12)8-2-7(5-13-6-14)3-9(15)4-8;1-2/h11H,5-10,12-13H2,1-4H3;2-4,6,15H,5H2,1H3,(H,13,14);1-2H3. The van der Waals surface area contributed by atoms with Crippen molar-refractivity contribution in [3.63, 3.8) is 0 Å². The minimum Gasteiger partial charge on any atom is -0.508 e. The maximum absolute atomic E-state index is 12.9. The number of Topliss-reactive ketones (excluding diaryl/α,β-unsaturated/α-hetero) is 1. The zero-order valence-corrected chi connectivity index (χ0v) is 24.5. The summed E-state index contributed by atoms with van der Waals surface area (Å²) >= 11 is 0. The monoisotopic (exact) mass is 552 g/mol. The molecule has 8 nitrogen and oxygen atoms in total. The van der Waals surface area contributed by atoms with Gasteiger partial charge in [-0.2, -0.15) is 5.10 Å². The van der Waals surface area contributed by atoms with Gasteiger partial charge >= 0.3 is 0 Å². The van der Waals surface area contributed by atoms with Crippen LogP contribution in [0.15, 0.2) is 24.3 Å². The van der Waals surface area contributed by atoms with E-state index in [1.54, 1.807) is 0 Å². The number of unbranched alkanes of at least 4 members (excludes halogenated alkanes) is 1. The summed E-state index contributed by atoms with van der Waals surface area (Å²) in [5.74, 6) is -3.13. The van der Waals surface area contributed by atoms with Gasteiger partial charge in [0.2, 0.25) is 6.41 Å². The predicted octanol–water partition coefficient (Wildman–Crippen LogP) is 5.32. The number of aromatic hydroxyl groups is 1. The van der Waals surface area contributed by atoms with E-state index in [2.05, 4.69) is 43.0 Å². The topological polar surface area (TPSA) is 96.7 Å². The lowest BCUT2D eigenvalue weighted by atomic mass is 10.0. The fourth-order valence-electron chi connectivity index (χ4n) is 4.00. The number of phenols is 1. The van der Waals surface area contributed by atoms with E-state index in [4.69, 9.17) is 4.74 Å². The highest BCUT2D eigenvalue weighted by Crippen LogP contribution is 2.30. The minimum absolute atomic E-state index is 0.0910. The number of phenolic OH excluding ortho intramolecular Hbond substituents is 1. The van der Waals surface area contributed by atoms with E-state index in [1.165, 1.54) is 12.1 Å². The fourth-order valence-corrected chi connectivity index (χ4v) is 4.00. The van der Waals surface area contributed by atoms with Gasteiger partial charge in [-0.1, -0.05) is 34.1 Å². The molecule has 0 atom stereocenters. The first-order valence-electron chi connectivity index (χ1n) is 13.7. The van der Waals surface area contributed by atoms with Crippen LogP contribution in [0.25, 0.3) is 0 Å². The van der Waals surface area contributed by atoms with E-state index >= 15 is 0 Å². The number of carbonyl (C=O) groups is 2. The molecule has 1 aliphatic rings. The zero-order valence-electron chi connectivity index (χ0n) is 24.5. The van der Waals surface area contributed by atoms with Gasteiger partial charge in [-0.25, -0.2) is 8.78 Å². The summed E-state index contributed by atoms with van der Waals surface area (Å²) in [5, 5.41) is 16.1. The lowest BCUT2D eigenvalue weighted by Gasteiger charge is -2.41. The lowest BCUT2D eigenvalue weighted by Crippen LogP contribution is -2.54. The molecule has 0 spiro atoms. The van der Waals surface area contributed by atoms with Gasteiger partial charge in [0.25, 0.3) is 5.92 Å². The molecule has 0 bridgehead atoms. The van der Waals surface area contributed by atoms with Gasteiger partial charge in [-0.3, -0.25) is 19.2 Å². The number of alkyl halides is 2. The fraction of sp³-hybridized carbons (Fsp3) is 0.621. The molecule has 39 heavy (non-hydrogen) atoms. The molecule has 2 heterocycles. The minimum atomic E-state index is -3.01. The highest BCUT2D eigenvalue weighted by Gasteiger charge is 2.32. The van der Waals surface area contributed by atoms with Crippen molar-refractivity contribution in [1.82, 2.24) is 20.0 Å². The molecular formula is C29H46F2N4O4. The van der Waals surface area contributed by atoms with Crippen molar-refractivity contribution >= 4 is 12.2 Å². The van der Waals surface area contributed by atoms with Gasteiger partial charge < -0.3 is 15.2 Å². The third kappa shape index (κ3) is 11.0. The molecule has 1 aromatic heterocycles. The molecular weight excluding hydrogens is 506 g/mol. The van der Waals surface area contributed by atoms with Crippen molar-refractivity contribution in [2.45, 2.75) is 92.3 Å². The van der Waals surface area contributed by atoms with E-state index in [-0.39, 0.29) is 29.2 Å². The van der Waals surface area contributed by atoms with Crippen LogP contribution < -0.4 is 5.32 Å². The third-order valence-electron chi connectivity index (χ3n) is 6.26. The van der Waals surface area contributed by atoms with Crippen LogP contribution in [-0.2, 0) is 35.0 Å². The summed E-state index contributed by atoms with van der Waals surface area (Å²) in [5.41, 5.74) is 1.82. The number of morpholine rings is 1. The third-order valence-corrected chi connectivity index (χ3v) is 6.26. The van der Waals surface area contributed by atoms with Gasteiger partial charge in [0.05, 0.1) is 19.8 Å². The molecule has 1 saturated heterocycles. The van der Waals surface area contributed by atoms with Crippen LogP contribution in [0.2, 0.25) is 0 Å². The smallest absolute Gasteiger partial charge is 0.270 e. The highest BCUT2D eigenvalue weighted by atomic mass is 19.3. The number of aromatic nitrogens is 2. The second-order valence-corrected chi connectivity index (χ2v) is 9.94. The van der Waals surface area contributed by atoms with E-state index in [1.807, 2.05) is 24.6 Å². The maximum Gasteiger partial charge on any atom is 0.270 e. The van der Waals surface area contributed by atoms with Gasteiger partial charge in [0, 0.05) is 43.4 Å². The van der Waals surface area contributed by atoms with Crippen molar-refractivity contribution in [2.75, 3.05) is 26.3 Å². The Bertz CT molecular complexity index is 1030. The Labute approximate surface area is 231 Å². The molecule has 0 radical (unpaired) electrons. The van der Waals surface area contributed by atoms with Crippen molar-refractivity contribution in [2.24, 2.45) is 0 Å². The number of nitrogens with one attached hydrogen (secondary N) is 1. The quantitative estimate of drug-likeness (QED) is 0.290. The molecule has 1 aromatic carbocycles. The number of hydrogen-bond acceptors (Lipinski definition) is 6. The van der Waals surface area contributed by atoms with Crippen molar-refractivity contribution in [1.29, 1.82) is 0 Å². The summed E-state index contributed by atoms with van der Waals surface area (Å²) in [4.78, 5) is 24.8. The number of nitrogens with zero attached hydrogens (tertiary/aromatic N) is 3. The lowest BCUT2D eigenvalue weighted by molar-refractivity contribution is -0.109. The van der Waals surface area contributed by atoms with E-state index < -0.39 is 5.92 Å². The Hall–Kier alpha value is -2.85. The molecule has 3 rings (SSSR count). The predicted molar refractivity (Wildman–Crippen MR) is 149 cm³/mol. The first-order valence-corrected chi connectivity index (χ1v) is 13.7. The molecule has 1 amide bonds. The Morgan fingerprint density at radius 2 is 1.92 bits per heavy atom. The number of carbonyl (C=O) groups excluding carboxylic acids is 2. The van der Waals surface area contributed by atoms with E-state index in [0.717, 1.165) is 51.0 Å². The van der Waals surface area contributed by atoms with Crippen LogP contribution in [0.3, 0.4) is 0 Å². The van der Waals surface area contributed by atoms with Crippen molar-refractivity contribution < 1.29 is 28.2 Å². The molecule has 2 N–H and O–H groups in total. The average molecular weight is 553 g/mol. The van der Waals surface area contributed by atoms with Gasteiger partial charge in [-0.05, 0) is 56.5 Å². The van der Waals surface area contributed by atoms with Gasteiger partial charge in [-0.15, -0.1) is 0 Å². The summed E-state index contributed by atoms with van der Waals surface area (Å²) in [7, 11) is 0. The summed E-state index contributed by atoms with van der Waals surface area (Å²) in [6.07, 6.45) is 3.61. The molecule has 220 valence electrons. The number of ether oxygens (including phenoxy) is 1. The highest BCUT2D eigenvalue weighted by molar-refractivity contribution is 5.96. The van der Waals surface area contributed by atoms with Gasteiger partial charge in [0.1, 0.15) is 11.4 Å². The summed E-state index contributed by atoms with van der Waals surface area (Å²) < 4.78 is 33.4. The van der Waals surface area contributed by atoms with Crippen LogP contribution >= 0.6 is 0 Å². The van der Waals surface area contributed by atoms with Crippen LogP contribution in [-0.4, -0.2) is 63.8 Å². The SMILES string of the molecule is CC.CC(F)(F)c1cc(O)cc(CNC=O)c1.CCCCn1nc(C(=O)CN2CCOCC2(C)C)cc1CC. The van der Waals surface area contributed by atoms with Crippen LogP contribution in [0.1, 0.15) is 88.6 Å². The Morgan fingerprint density at radius 3 is 2.49 bits per heavy atom. The van der Waals surface area contributed by atoms with Crippen LogP contribution in [0.4, 0.5) is 8.78 Å². The largest absolute Gasteiger partial charge is 0.508 e. The van der Waals surface area contributed by atoms with Crippen molar-refractivity contribution in [3.8, 4) is 5.75 Å². The Balaban J connectivity index is 0.000000391. The van der Waals surface area contributed by atoms with E-state index in [0.29, 0.717) is 37.4 Å².